The quantitative estimate of drug-likeness (QED) is 0.212. The fraction of sp³-hybridized carbons (Fsp3) is 0.0526. The second-order valence-corrected chi connectivity index (χ2v) is 10.8. The monoisotopic (exact) mass is 566 g/mol. The molecule has 2 nitrogen and oxygen atoms in total. The van der Waals surface area contributed by atoms with Gasteiger partial charge in [0.1, 0.15) is 0 Å². The first-order valence-corrected chi connectivity index (χ1v) is 14.0. The Balaban J connectivity index is 1.13. The summed E-state index contributed by atoms with van der Waals surface area (Å²) in [6.45, 7) is 1.68. The van der Waals surface area contributed by atoms with Gasteiger partial charge in [-0.15, -0.1) is 0 Å². The van der Waals surface area contributed by atoms with Crippen LogP contribution in [0.1, 0.15) is 11.1 Å². The van der Waals surface area contributed by atoms with Crippen molar-refractivity contribution >= 4 is 21.8 Å². The van der Waals surface area contributed by atoms with Gasteiger partial charge in [-0.2, -0.15) is 13.2 Å². The normalized spacial score (nSPS) is 11.7. The standard InChI is InChI=1S/C38H25F3N2/c1-24-16-32(20-35(17-24)38(39,40)41)26-8-6-25(7-9-26)29-14-15-31-19-34(23-43-37(31)21-29)28-12-10-27(11-13-28)33-18-30-4-2-3-5-36(30)42-22-33/h2-23H,1H3. The summed E-state index contributed by atoms with van der Waals surface area (Å²) in [4.78, 5) is 9.34. The number of hydrogen-bond acceptors (Lipinski definition) is 2. The van der Waals surface area contributed by atoms with E-state index < -0.39 is 11.7 Å². The highest BCUT2D eigenvalue weighted by molar-refractivity contribution is 5.88. The fourth-order valence-corrected chi connectivity index (χ4v) is 5.51. The lowest BCUT2D eigenvalue weighted by molar-refractivity contribution is -0.137. The van der Waals surface area contributed by atoms with Gasteiger partial charge >= 0.3 is 6.18 Å². The van der Waals surface area contributed by atoms with Crippen molar-refractivity contribution in [2.24, 2.45) is 0 Å². The van der Waals surface area contributed by atoms with Crippen molar-refractivity contribution in [3.8, 4) is 44.5 Å². The van der Waals surface area contributed by atoms with Gasteiger partial charge in [0.25, 0.3) is 0 Å². The number of hydrogen-bond donors (Lipinski definition) is 0. The molecule has 7 aromatic rings. The van der Waals surface area contributed by atoms with E-state index in [4.69, 9.17) is 4.98 Å². The Bertz CT molecular complexity index is 2110. The predicted octanol–water partition coefficient (Wildman–Crippen LogP) is 10.8. The van der Waals surface area contributed by atoms with E-state index in [9.17, 15) is 13.2 Å². The van der Waals surface area contributed by atoms with Crippen molar-refractivity contribution in [2.45, 2.75) is 13.1 Å². The minimum atomic E-state index is -4.38. The molecule has 2 heterocycles. The number of rotatable bonds is 4. The Morgan fingerprint density at radius 2 is 0.953 bits per heavy atom. The molecule has 0 aliphatic heterocycles. The molecule has 0 amide bonds. The number of nitrogens with zero attached hydrogens (tertiary/aromatic N) is 2. The van der Waals surface area contributed by atoms with Crippen molar-refractivity contribution in [3.63, 3.8) is 0 Å². The van der Waals surface area contributed by atoms with Gasteiger partial charge in [0.2, 0.25) is 0 Å². The van der Waals surface area contributed by atoms with Gasteiger partial charge in [0.15, 0.2) is 0 Å². The Labute approximate surface area is 247 Å². The van der Waals surface area contributed by atoms with Crippen molar-refractivity contribution < 1.29 is 13.2 Å². The summed E-state index contributed by atoms with van der Waals surface area (Å²) < 4.78 is 39.9. The van der Waals surface area contributed by atoms with Gasteiger partial charge in [0, 0.05) is 34.3 Å². The molecule has 43 heavy (non-hydrogen) atoms. The molecule has 5 aromatic carbocycles. The fourth-order valence-electron chi connectivity index (χ4n) is 5.51. The summed E-state index contributed by atoms with van der Waals surface area (Å²) in [5.74, 6) is 0. The van der Waals surface area contributed by atoms with E-state index in [1.165, 1.54) is 12.1 Å². The smallest absolute Gasteiger partial charge is 0.256 e. The van der Waals surface area contributed by atoms with E-state index >= 15 is 0 Å². The largest absolute Gasteiger partial charge is 0.416 e. The molecule has 0 radical (unpaired) electrons. The third-order valence-corrected chi connectivity index (χ3v) is 7.78. The van der Waals surface area contributed by atoms with E-state index in [0.717, 1.165) is 60.8 Å². The van der Waals surface area contributed by atoms with E-state index in [1.807, 2.05) is 67.0 Å². The Kier molecular flexibility index (Phi) is 6.51. The van der Waals surface area contributed by atoms with Gasteiger partial charge < -0.3 is 0 Å². The number of aryl methyl sites for hydroxylation is 1. The molecular formula is C38H25F3N2. The molecule has 0 saturated heterocycles. The lowest BCUT2D eigenvalue weighted by Crippen LogP contribution is -2.05. The number of alkyl halides is 3. The first-order valence-electron chi connectivity index (χ1n) is 14.0. The van der Waals surface area contributed by atoms with E-state index in [-0.39, 0.29) is 0 Å². The minimum Gasteiger partial charge on any atom is -0.256 e. The number of aromatic nitrogens is 2. The average molecular weight is 567 g/mol. The summed E-state index contributed by atoms with van der Waals surface area (Å²) in [7, 11) is 0. The zero-order valence-electron chi connectivity index (χ0n) is 23.2. The van der Waals surface area contributed by atoms with Crippen LogP contribution in [0.25, 0.3) is 66.3 Å². The topological polar surface area (TPSA) is 25.8 Å². The van der Waals surface area contributed by atoms with Crippen molar-refractivity contribution in [1.82, 2.24) is 9.97 Å². The van der Waals surface area contributed by atoms with Gasteiger partial charge in [-0.1, -0.05) is 84.9 Å². The molecule has 0 fully saturated rings. The number of fused-ring (bicyclic) bond motifs is 2. The highest BCUT2D eigenvalue weighted by Crippen LogP contribution is 2.35. The molecular weight excluding hydrogens is 541 g/mol. The maximum absolute atomic E-state index is 13.3. The Morgan fingerprint density at radius 3 is 1.58 bits per heavy atom. The first-order chi connectivity index (χ1) is 20.8. The van der Waals surface area contributed by atoms with Gasteiger partial charge in [-0.25, -0.2) is 0 Å². The van der Waals surface area contributed by atoms with Crippen LogP contribution in [0, 0.1) is 6.92 Å². The highest BCUT2D eigenvalue weighted by atomic mass is 19.4. The lowest BCUT2D eigenvalue weighted by atomic mass is 9.96. The van der Waals surface area contributed by atoms with E-state index in [0.29, 0.717) is 11.1 Å². The molecule has 2 aromatic heterocycles. The van der Waals surface area contributed by atoms with Gasteiger partial charge in [-0.05, 0) is 82.3 Å². The number of halogens is 3. The Hall–Kier alpha value is -5.29. The third-order valence-electron chi connectivity index (χ3n) is 7.78. The molecule has 0 atom stereocenters. The number of pyridine rings is 2. The molecule has 0 aliphatic carbocycles. The van der Waals surface area contributed by atoms with Gasteiger partial charge in [-0.3, -0.25) is 9.97 Å². The minimum absolute atomic E-state index is 0.550. The SMILES string of the molecule is Cc1cc(-c2ccc(-c3ccc4cc(-c5ccc(-c6cnc7ccccc7c6)cc5)cnc4c3)cc2)cc(C(F)(F)F)c1. The summed E-state index contributed by atoms with van der Waals surface area (Å²) in [5.41, 5.74) is 9.34. The summed E-state index contributed by atoms with van der Waals surface area (Å²) in [6, 6.07) is 38.7. The van der Waals surface area contributed by atoms with Crippen LogP contribution in [-0.2, 0) is 6.18 Å². The molecule has 208 valence electrons. The first kappa shape index (κ1) is 26.6. The molecule has 0 bridgehead atoms. The van der Waals surface area contributed by atoms with Crippen LogP contribution >= 0.6 is 0 Å². The van der Waals surface area contributed by atoms with Crippen molar-refractivity contribution in [3.05, 3.63) is 145 Å². The zero-order valence-corrected chi connectivity index (χ0v) is 23.2. The highest BCUT2D eigenvalue weighted by Gasteiger charge is 2.31. The maximum Gasteiger partial charge on any atom is 0.416 e. The lowest BCUT2D eigenvalue weighted by Gasteiger charge is -2.12. The van der Waals surface area contributed by atoms with Crippen LogP contribution in [0.4, 0.5) is 13.2 Å². The summed E-state index contributed by atoms with van der Waals surface area (Å²) >= 11 is 0. The van der Waals surface area contributed by atoms with Crippen LogP contribution in [0.3, 0.4) is 0 Å². The molecule has 0 spiro atoms. The van der Waals surface area contributed by atoms with Crippen LogP contribution in [-0.4, -0.2) is 9.97 Å². The van der Waals surface area contributed by atoms with E-state index in [1.54, 1.807) is 13.0 Å². The van der Waals surface area contributed by atoms with Crippen molar-refractivity contribution in [2.75, 3.05) is 0 Å². The van der Waals surface area contributed by atoms with Crippen LogP contribution in [0.5, 0.6) is 0 Å². The zero-order chi connectivity index (χ0) is 29.6. The molecule has 0 unspecified atom stereocenters. The number of benzene rings is 5. The maximum atomic E-state index is 13.3. The van der Waals surface area contributed by atoms with Crippen molar-refractivity contribution in [1.29, 1.82) is 0 Å². The number of para-hydroxylation sites is 1. The predicted molar refractivity (Wildman–Crippen MR) is 169 cm³/mol. The molecule has 0 saturated carbocycles. The van der Waals surface area contributed by atoms with Gasteiger partial charge in [0.05, 0.1) is 16.6 Å². The summed E-state index contributed by atoms with van der Waals surface area (Å²) in [5, 5.41) is 2.14. The Morgan fingerprint density at radius 1 is 0.442 bits per heavy atom. The van der Waals surface area contributed by atoms with Crippen LogP contribution in [0.2, 0.25) is 0 Å². The summed E-state index contributed by atoms with van der Waals surface area (Å²) in [6.07, 6.45) is -0.582. The molecule has 0 aliphatic rings. The average Bonchev–Trinajstić information content (AvgIpc) is 3.03. The van der Waals surface area contributed by atoms with Crippen LogP contribution in [0.15, 0.2) is 134 Å². The third kappa shape index (κ3) is 5.38. The van der Waals surface area contributed by atoms with E-state index in [2.05, 4.69) is 53.5 Å². The molecule has 7 rings (SSSR count). The second-order valence-electron chi connectivity index (χ2n) is 10.8. The molecule has 5 heteroatoms. The molecule has 0 N–H and O–H groups in total. The van der Waals surface area contributed by atoms with Crippen LogP contribution < -0.4 is 0 Å². The second kappa shape index (κ2) is 10.5.